The molecule has 0 saturated heterocycles. The summed E-state index contributed by atoms with van der Waals surface area (Å²) < 4.78 is 386. The summed E-state index contributed by atoms with van der Waals surface area (Å²) in [5.74, 6) is -115. The van der Waals surface area contributed by atoms with Crippen molar-refractivity contribution in [3.05, 3.63) is 0 Å². The Morgan fingerprint density at radius 1 is 0.298 bits per heavy atom. The molecule has 0 aliphatic rings. The van der Waals surface area contributed by atoms with Crippen LogP contribution < -0.4 is 0 Å². The molecule has 0 amide bonds. The highest BCUT2D eigenvalue weighted by molar-refractivity contribution is 6.61. The summed E-state index contributed by atoms with van der Waals surface area (Å²) in [4.78, 5) is 10.0. The van der Waals surface area contributed by atoms with Gasteiger partial charge < -0.3 is 4.74 Å². The lowest BCUT2D eigenvalue weighted by molar-refractivity contribution is -0.490. The molecule has 0 rings (SSSR count). The molecule has 0 unspecified atom stereocenters. The molecule has 0 spiro atoms. The Morgan fingerprint density at radius 3 is 0.596 bits per heavy atom. The lowest BCUT2D eigenvalue weighted by Crippen LogP contribution is -2.79. The van der Waals surface area contributed by atoms with E-state index in [4.69, 9.17) is 0 Å². The fourth-order valence-corrected chi connectivity index (χ4v) is 2.59. The third-order valence-electron chi connectivity index (χ3n) is 5.27. The molecule has 0 N–H and O–H groups in total. The highest BCUT2D eigenvalue weighted by atomic mass is 35.5. The summed E-state index contributed by atoms with van der Waals surface area (Å²) in [5.41, 5.74) is -3.49. The van der Waals surface area contributed by atoms with Crippen LogP contribution >= 0.6 is 11.6 Å². The third kappa shape index (κ3) is 5.31. The van der Waals surface area contributed by atoms with Crippen molar-refractivity contribution < 1.29 is 137 Å². The molecule has 0 bridgehead atoms. The minimum Gasteiger partial charge on any atom is -0.384 e. The molecule has 0 aromatic carbocycles. The molecule has 0 radical (unpaired) electrons. The molecule has 0 aromatic rings. The van der Waals surface area contributed by atoms with Gasteiger partial charge in [0.15, 0.2) is 0 Å². The number of hydrogen-bond acceptors (Lipinski definition) is 2. The van der Waals surface area contributed by atoms with Gasteiger partial charge in [-0.2, -0.15) is 127 Å². The maximum Gasteiger partial charge on any atom is 0.474 e. The van der Waals surface area contributed by atoms with Crippen LogP contribution in [0.1, 0.15) is 0 Å². The number of alkyl halides is 29. The summed E-state index contributed by atoms with van der Waals surface area (Å²) in [6, 6.07) is 0. The molecular weight excluding hydrogens is 799 g/mol. The van der Waals surface area contributed by atoms with Crippen LogP contribution in [0.5, 0.6) is 0 Å². The third-order valence-corrected chi connectivity index (χ3v) is 5.34. The predicted molar refractivity (Wildman–Crippen MR) is 82.7 cm³/mol. The minimum atomic E-state index is -9.99. The average Bonchev–Trinajstić information content (AvgIpc) is 2.80. The molecule has 0 fully saturated rings. The van der Waals surface area contributed by atoms with Gasteiger partial charge in [-0.05, 0) is 0 Å². The molecule has 0 atom stereocenters. The van der Waals surface area contributed by atoms with Crippen molar-refractivity contribution in [3.63, 3.8) is 0 Å². The Kier molecular flexibility index (Phi) is 10.3. The summed E-state index contributed by atoms with van der Waals surface area (Å²) in [7, 11) is 0. The summed E-state index contributed by atoms with van der Waals surface area (Å²) in [6.07, 6.45) is -16.1. The van der Waals surface area contributed by atoms with Gasteiger partial charge in [-0.1, -0.05) is 0 Å². The maximum atomic E-state index is 13.7. The zero-order valence-electron chi connectivity index (χ0n) is 19.7. The lowest BCUT2D eigenvalue weighted by atomic mass is 9.84. The van der Waals surface area contributed by atoms with Crippen molar-refractivity contribution in [2.45, 2.75) is 83.4 Å². The Labute approximate surface area is 238 Å². The molecule has 0 aliphatic heterocycles. The molecule has 0 aliphatic carbocycles. The summed E-state index contributed by atoms with van der Waals surface area (Å²) in [6.45, 7) is 0. The topological polar surface area (TPSA) is 26.3 Å². The van der Waals surface area contributed by atoms with E-state index >= 15 is 0 Å². The number of halogens is 30. The minimum absolute atomic E-state index is 1.78. The SMILES string of the molecule is O=C(Cl)OC(F)(F)C(F)(F)C(F)(F)C(F)(F)C(F)(F)C(F)(F)C(F)(F)C(F)(F)C(F)(F)C(F)(F)C(F)(F)C(F)(F)C(F)(F)C(F)(F)F. The normalized spacial score (nSPS) is 16.8. The Balaban J connectivity index is 7.55. The second-order valence-electron chi connectivity index (χ2n) is 8.25. The van der Waals surface area contributed by atoms with Crippen molar-refractivity contribution in [3.8, 4) is 0 Å². The largest absolute Gasteiger partial charge is 0.474 e. The number of carbonyl (C=O) groups excluding carboxylic acids is 1. The fraction of sp³-hybridized carbons (Fsp3) is 0.933. The van der Waals surface area contributed by atoms with Crippen molar-refractivity contribution in [1.29, 1.82) is 0 Å². The van der Waals surface area contributed by atoms with Crippen LogP contribution in [0.25, 0.3) is 0 Å². The second kappa shape index (κ2) is 10.9. The first kappa shape index (κ1) is 44.7. The van der Waals surface area contributed by atoms with Gasteiger partial charge in [-0.3, -0.25) is 0 Å². The van der Waals surface area contributed by atoms with Crippen LogP contribution in [-0.2, 0) is 4.74 Å². The van der Waals surface area contributed by atoms with E-state index in [0.29, 0.717) is 0 Å². The van der Waals surface area contributed by atoms with Gasteiger partial charge >= 0.3 is 88.8 Å². The highest BCUT2D eigenvalue weighted by Gasteiger charge is 3.01. The van der Waals surface area contributed by atoms with Crippen molar-refractivity contribution in [2.24, 2.45) is 0 Å². The molecule has 32 heteroatoms. The Bertz CT molecular complexity index is 1180. The zero-order valence-corrected chi connectivity index (χ0v) is 20.4. The predicted octanol–water partition coefficient (Wildman–Crippen LogP) is 10.1. The summed E-state index contributed by atoms with van der Waals surface area (Å²) >= 11 is 3.80. The molecule has 0 aromatic heterocycles. The van der Waals surface area contributed by atoms with Crippen LogP contribution in [-0.4, -0.2) is 88.8 Å². The summed E-state index contributed by atoms with van der Waals surface area (Å²) in [5, 5.41) is 0. The molecular formula is C15ClF29O2. The van der Waals surface area contributed by atoms with E-state index in [-0.39, 0.29) is 0 Å². The van der Waals surface area contributed by atoms with Gasteiger partial charge in [0.05, 0.1) is 0 Å². The first-order valence-electron chi connectivity index (χ1n) is 9.53. The van der Waals surface area contributed by atoms with Crippen LogP contribution in [0, 0.1) is 0 Å². The van der Waals surface area contributed by atoms with Crippen LogP contribution in [0.3, 0.4) is 0 Å². The smallest absolute Gasteiger partial charge is 0.384 e. The zero-order chi connectivity index (χ0) is 39.3. The number of ether oxygens (including phenoxy) is 1. The molecule has 2 nitrogen and oxygen atoms in total. The lowest BCUT2D eigenvalue weighted by Gasteiger charge is -2.46. The van der Waals surface area contributed by atoms with Gasteiger partial charge in [0.25, 0.3) is 0 Å². The Morgan fingerprint density at radius 2 is 0.447 bits per heavy atom. The van der Waals surface area contributed by atoms with Crippen molar-refractivity contribution >= 4 is 17.0 Å². The second-order valence-corrected chi connectivity index (χ2v) is 8.56. The van der Waals surface area contributed by atoms with Gasteiger partial charge in [-0.25, -0.2) is 4.79 Å². The van der Waals surface area contributed by atoms with E-state index in [1.807, 2.05) is 0 Å². The number of hydrogen-bond donors (Lipinski definition) is 0. The average molecular weight is 799 g/mol. The quantitative estimate of drug-likeness (QED) is 0.137. The van der Waals surface area contributed by atoms with Crippen LogP contribution in [0.2, 0.25) is 0 Å². The van der Waals surface area contributed by atoms with Crippen LogP contribution in [0.15, 0.2) is 0 Å². The van der Waals surface area contributed by atoms with E-state index in [1.165, 1.54) is 0 Å². The highest BCUT2D eigenvalue weighted by Crippen LogP contribution is 2.69. The van der Waals surface area contributed by atoms with Gasteiger partial charge in [-0.15, -0.1) is 0 Å². The van der Waals surface area contributed by atoms with Gasteiger partial charge in [0.2, 0.25) is 0 Å². The number of carbonyl (C=O) groups is 1. The van der Waals surface area contributed by atoms with Gasteiger partial charge in [0.1, 0.15) is 0 Å². The molecule has 47 heavy (non-hydrogen) atoms. The first-order chi connectivity index (χ1) is 19.7. The van der Waals surface area contributed by atoms with E-state index < -0.39 is 88.8 Å². The Hall–Kier alpha value is -2.27. The first-order valence-corrected chi connectivity index (χ1v) is 9.91. The van der Waals surface area contributed by atoms with Crippen molar-refractivity contribution in [2.75, 3.05) is 0 Å². The molecule has 0 heterocycles. The molecule has 0 saturated carbocycles. The van der Waals surface area contributed by atoms with Crippen molar-refractivity contribution in [1.82, 2.24) is 0 Å². The van der Waals surface area contributed by atoms with Crippen LogP contribution in [0.4, 0.5) is 132 Å². The fourth-order valence-electron chi connectivity index (χ4n) is 2.50. The standard InChI is InChI=1S/C15ClF29O2/c16-1(46)47-15(44,45)13(39,40)11(35,36)9(31,32)7(27,28)5(23,24)3(19,20)2(17,18)4(21,22)6(25,26)8(29,30)10(33,34)12(37,38)14(41,42)43. The van der Waals surface area contributed by atoms with E-state index in [2.05, 4.69) is 11.6 Å². The van der Waals surface area contributed by atoms with E-state index in [9.17, 15) is 132 Å². The van der Waals surface area contributed by atoms with Gasteiger partial charge in [0, 0.05) is 11.6 Å². The molecule has 282 valence electrons. The maximum absolute atomic E-state index is 13.7. The monoisotopic (exact) mass is 798 g/mol. The number of rotatable bonds is 13. The van der Waals surface area contributed by atoms with E-state index in [0.717, 1.165) is 0 Å². The van der Waals surface area contributed by atoms with E-state index in [1.54, 1.807) is 4.74 Å².